The first kappa shape index (κ1) is 17.7. The van der Waals surface area contributed by atoms with E-state index in [9.17, 15) is 9.59 Å². The van der Waals surface area contributed by atoms with E-state index in [1.165, 1.54) is 0 Å². The highest BCUT2D eigenvalue weighted by Crippen LogP contribution is 2.41. The number of carbonyl (C=O) groups excluding carboxylic acids is 2. The molecule has 0 aliphatic carbocycles. The smallest absolute Gasteiger partial charge is 0.234 e. The zero-order chi connectivity index (χ0) is 18.0. The van der Waals surface area contributed by atoms with E-state index in [2.05, 4.69) is 4.90 Å². The molecule has 1 spiro atoms. The molecule has 0 aromatic heterocycles. The molecule has 6 heteroatoms. The van der Waals surface area contributed by atoms with Crippen LogP contribution in [0.2, 0.25) is 0 Å². The summed E-state index contributed by atoms with van der Waals surface area (Å²) in [7, 11) is 1.65. The van der Waals surface area contributed by atoms with Crippen molar-refractivity contribution in [3.05, 3.63) is 29.8 Å². The number of methoxy groups -OCH3 is 1. The lowest BCUT2D eigenvalue weighted by molar-refractivity contribution is -0.128. The summed E-state index contributed by atoms with van der Waals surface area (Å²) in [6, 6.07) is 7.64. The molecular weight excluding hydrogens is 318 g/mol. The van der Waals surface area contributed by atoms with E-state index in [0.717, 1.165) is 43.8 Å². The van der Waals surface area contributed by atoms with Crippen LogP contribution in [0.4, 0.5) is 0 Å². The van der Waals surface area contributed by atoms with Crippen LogP contribution in [0.25, 0.3) is 0 Å². The second kappa shape index (κ2) is 7.04. The van der Waals surface area contributed by atoms with E-state index < -0.39 is 0 Å². The third kappa shape index (κ3) is 3.79. The van der Waals surface area contributed by atoms with Crippen LogP contribution in [0.1, 0.15) is 31.7 Å². The van der Waals surface area contributed by atoms with Crippen LogP contribution in [0.15, 0.2) is 24.3 Å². The number of carbonyl (C=O) groups is 2. The van der Waals surface area contributed by atoms with Gasteiger partial charge in [-0.1, -0.05) is 12.1 Å². The van der Waals surface area contributed by atoms with Crippen molar-refractivity contribution in [2.75, 3.05) is 26.7 Å². The number of nitrogens with two attached hydrogens (primary N) is 1. The summed E-state index contributed by atoms with van der Waals surface area (Å²) in [6.07, 6.45) is 2.48. The lowest BCUT2D eigenvalue weighted by atomic mass is 9.77. The molecule has 2 fully saturated rings. The van der Waals surface area contributed by atoms with Gasteiger partial charge in [-0.15, -0.1) is 0 Å². The highest BCUT2D eigenvalue weighted by molar-refractivity contribution is 5.80. The van der Waals surface area contributed by atoms with Crippen molar-refractivity contribution in [3.63, 3.8) is 0 Å². The average Bonchev–Trinajstić information content (AvgIpc) is 2.90. The Labute approximate surface area is 148 Å². The Hall–Kier alpha value is -2.08. The van der Waals surface area contributed by atoms with Crippen molar-refractivity contribution >= 4 is 11.8 Å². The summed E-state index contributed by atoms with van der Waals surface area (Å²) in [5.41, 5.74) is 6.55. The molecule has 25 heavy (non-hydrogen) atoms. The summed E-state index contributed by atoms with van der Waals surface area (Å²) in [4.78, 5) is 28.0. The van der Waals surface area contributed by atoms with Crippen molar-refractivity contribution in [2.45, 2.75) is 38.8 Å². The molecule has 1 aromatic rings. The minimum absolute atomic E-state index is 0.0455. The number of primary amides is 1. The first-order valence-electron chi connectivity index (χ1n) is 8.86. The standard InChI is InChI=1S/C19H27N3O3/c1-14(18(20)24)21-8-6-19(7-9-21)11-17(23)22(13-19)12-15-4-3-5-16(10-15)25-2/h3-5,10,14H,6-9,11-13H2,1-2H3,(H2,20,24)/t14-/m1/s1. The lowest BCUT2D eigenvalue weighted by Crippen LogP contribution is -2.49. The molecule has 0 radical (unpaired) electrons. The van der Waals surface area contributed by atoms with Gasteiger partial charge in [-0.25, -0.2) is 0 Å². The predicted octanol–water partition coefficient (Wildman–Crippen LogP) is 1.38. The van der Waals surface area contributed by atoms with Crippen LogP contribution in [-0.2, 0) is 16.1 Å². The van der Waals surface area contributed by atoms with Gasteiger partial charge in [0.1, 0.15) is 5.75 Å². The van der Waals surface area contributed by atoms with E-state index in [1.807, 2.05) is 36.1 Å². The SMILES string of the molecule is COc1cccc(CN2CC3(CCN([C@H](C)C(N)=O)CC3)CC2=O)c1. The van der Waals surface area contributed by atoms with Crippen LogP contribution in [-0.4, -0.2) is 54.4 Å². The van der Waals surface area contributed by atoms with Crippen LogP contribution in [0.5, 0.6) is 5.75 Å². The monoisotopic (exact) mass is 345 g/mol. The molecule has 2 aliphatic heterocycles. The molecule has 136 valence electrons. The maximum atomic E-state index is 12.5. The second-order valence-corrected chi connectivity index (χ2v) is 7.39. The third-order valence-electron chi connectivity index (χ3n) is 5.73. The predicted molar refractivity (Wildman–Crippen MR) is 94.9 cm³/mol. The van der Waals surface area contributed by atoms with Crippen LogP contribution in [0, 0.1) is 5.41 Å². The molecule has 3 rings (SSSR count). The Kier molecular flexibility index (Phi) is 4.99. The number of benzene rings is 1. The Bertz CT molecular complexity index is 653. The average molecular weight is 345 g/mol. The molecule has 0 saturated carbocycles. The van der Waals surface area contributed by atoms with E-state index in [-0.39, 0.29) is 23.3 Å². The molecule has 1 aromatic carbocycles. The normalized spacial score (nSPS) is 21.5. The van der Waals surface area contributed by atoms with Crippen LogP contribution in [0.3, 0.4) is 0 Å². The maximum absolute atomic E-state index is 12.5. The summed E-state index contributed by atoms with van der Waals surface area (Å²) >= 11 is 0. The number of piperidine rings is 1. The Morgan fingerprint density at radius 2 is 2.08 bits per heavy atom. The number of rotatable bonds is 5. The number of likely N-dealkylation sites (tertiary alicyclic amines) is 2. The van der Waals surface area contributed by atoms with Crippen molar-refractivity contribution in [2.24, 2.45) is 11.1 Å². The zero-order valence-corrected chi connectivity index (χ0v) is 15.0. The van der Waals surface area contributed by atoms with Gasteiger partial charge in [0, 0.05) is 19.5 Å². The van der Waals surface area contributed by atoms with Gasteiger partial charge in [0.05, 0.1) is 13.2 Å². The van der Waals surface area contributed by atoms with Gasteiger partial charge in [-0.2, -0.15) is 0 Å². The Balaban J connectivity index is 1.62. The Morgan fingerprint density at radius 1 is 1.36 bits per heavy atom. The van der Waals surface area contributed by atoms with Crippen molar-refractivity contribution in [1.82, 2.24) is 9.80 Å². The molecule has 0 unspecified atom stereocenters. The fraction of sp³-hybridized carbons (Fsp3) is 0.579. The number of hydrogen-bond acceptors (Lipinski definition) is 4. The maximum Gasteiger partial charge on any atom is 0.234 e. The Morgan fingerprint density at radius 3 is 2.72 bits per heavy atom. The number of hydrogen-bond donors (Lipinski definition) is 1. The zero-order valence-electron chi connectivity index (χ0n) is 15.0. The van der Waals surface area contributed by atoms with Gasteiger partial charge >= 0.3 is 0 Å². The molecule has 2 heterocycles. The fourth-order valence-corrected chi connectivity index (χ4v) is 4.02. The first-order chi connectivity index (χ1) is 11.9. The molecule has 2 saturated heterocycles. The van der Waals surface area contributed by atoms with Gasteiger partial charge in [-0.3, -0.25) is 14.5 Å². The quantitative estimate of drug-likeness (QED) is 0.875. The van der Waals surface area contributed by atoms with Gasteiger partial charge in [0.2, 0.25) is 11.8 Å². The summed E-state index contributed by atoms with van der Waals surface area (Å²) in [6.45, 7) is 4.92. The molecule has 0 bridgehead atoms. The van der Waals surface area contributed by atoms with Crippen molar-refractivity contribution < 1.29 is 14.3 Å². The van der Waals surface area contributed by atoms with E-state index >= 15 is 0 Å². The summed E-state index contributed by atoms with van der Waals surface area (Å²) < 4.78 is 5.26. The lowest BCUT2D eigenvalue weighted by Gasteiger charge is -2.40. The van der Waals surface area contributed by atoms with Gasteiger partial charge < -0.3 is 15.4 Å². The summed E-state index contributed by atoms with van der Waals surface area (Å²) in [5.74, 6) is 0.755. The van der Waals surface area contributed by atoms with Gasteiger partial charge in [-0.05, 0) is 56.0 Å². The first-order valence-corrected chi connectivity index (χ1v) is 8.86. The largest absolute Gasteiger partial charge is 0.497 e. The number of amides is 2. The third-order valence-corrected chi connectivity index (χ3v) is 5.73. The molecule has 2 amide bonds. The summed E-state index contributed by atoms with van der Waals surface area (Å²) in [5, 5.41) is 0. The van der Waals surface area contributed by atoms with Crippen molar-refractivity contribution in [1.29, 1.82) is 0 Å². The fourth-order valence-electron chi connectivity index (χ4n) is 4.02. The molecular formula is C19H27N3O3. The topological polar surface area (TPSA) is 75.9 Å². The number of nitrogens with zero attached hydrogens (tertiary/aromatic N) is 2. The highest BCUT2D eigenvalue weighted by Gasteiger charge is 2.45. The van der Waals surface area contributed by atoms with E-state index in [4.69, 9.17) is 10.5 Å². The van der Waals surface area contributed by atoms with Crippen molar-refractivity contribution in [3.8, 4) is 5.75 Å². The molecule has 6 nitrogen and oxygen atoms in total. The van der Waals surface area contributed by atoms with Crippen LogP contribution < -0.4 is 10.5 Å². The molecule has 2 N–H and O–H groups in total. The second-order valence-electron chi connectivity index (χ2n) is 7.39. The minimum Gasteiger partial charge on any atom is -0.497 e. The highest BCUT2D eigenvalue weighted by atomic mass is 16.5. The molecule has 1 atom stereocenters. The van der Waals surface area contributed by atoms with E-state index in [1.54, 1.807) is 7.11 Å². The van der Waals surface area contributed by atoms with Crippen LogP contribution >= 0.6 is 0 Å². The van der Waals surface area contributed by atoms with E-state index in [0.29, 0.717) is 13.0 Å². The number of ether oxygens (including phenoxy) is 1. The van der Waals surface area contributed by atoms with Gasteiger partial charge in [0.25, 0.3) is 0 Å². The minimum atomic E-state index is -0.280. The molecule has 2 aliphatic rings. The van der Waals surface area contributed by atoms with Gasteiger partial charge in [0.15, 0.2) is 0 Å².